The monoisotopic (exact) mass is 267 g/mol. The van der Waals surface area contributed by atoms with E-state index in [9.17, 15) is 9.00 Å². The zero-order valence-corrected chi connectivity index (χ0v) is 10.8. The van der Waals surface area contributed by atoms with Crippen LogP contribution in [0.1, 0.15) is 23.2 Å². The third kappa shape index (κ3) is 3.08. The fourth-order valence-electron chi connectivity index (χ4n) is 2.01. The van der Waals surface area contributed by atoms with Gasteiger partial charge in [0, 0.05) is 28.3 Å². The van der Waals surface area contributed by atoms with Crippen LogP contribution < -0.4 is 16.6 Å². The molecule has 18 heavy (non-hydrogen) atoms. The number of nitrogens with two attached hydrogens (primary N) is 1. The number of rotatable bonds is 3. The van der Waals surface area contributed by atoms with Gasteiger partial charge in [-0.15, -0.1) is 0 Å². The summed E-state index contributed by atoms with van der Waals surface area (Å²) >= 11 is 0. The fourth-order valence-corrected chi connectivity index (χ4v) is 3.31. The summed E-state index contributed by atoms with van der Waals surface area (Å²) in [7, 11) is -0.710. The van der Waals surface area contributed by atoms with E-state index in [4.69, 9.17) is 5.84 Å². The molecule has 1 heterocycles. The third-order valence-electron chi connectivity index (χ3n) is 3.05. The van der Waals surface area contributed by atoms with Crippen molar-refractivity contribution in [2.24, 2.45) is 5.84 Å². The lowest BCUT2D eigenvalue weighted by Crippen LogP contribution is -2.39. The Balaban J connectivity index is 2.01. The molecule has 0 atom stereocenters. The number of nitrogens with one attached hydrogen (secondary N) is 2. The van der Waals surface area contributed by atoms with Crippen LogP contribution in [0, 0.1) is 0 Å². The summed E-state index contributed by atoms with van der Waals surface area (Å²) in [5.74, 6) is 6.57. The molecular weight excluding hydrogens is 250 g/mol. The topological polar surface area (TPSA) is 84.2 Å². The van der Waals surface area contributed by atoms with Crippen LogP contribution in [0.4, 0.5) is 5.69 Å². The molecular formula is C12H17N3O2S. The summed E-state index contributed by atoms with van der Waals surface area (Å²) in [6, 6.07) is 7.21. The number of hydrazine groups is 1. The second-order valence-electron chi connectivity index (χ2n) is 4.29. The van der Waals surface area contributed by atoms with Crippen LogP contribution in [0.25, 0.3) is 0 Å². The number of hydrogen-bond donors (Lipinski definition) is 3. The van der Waals surface area contributed by atoms with Gasteiger partial charge in [-0.3, -0.25) is 14.8 Å². The third-order valence-corrected chi connectivity index (χ3v) is 4.43. The van der Waals surface area contributed by atoms with Crippen molar-refractivity contribution < 1.29 is 9.00 Å². The molecule has 0 bridgehead atoms. The zero-order chi connectivity index (χ0) is 13.0. The summed E-state index contributed by atoms with van der Waals surface area (Å²) in [5, 5.41) is 2.96. The van der Waals surface area contributed by atoms with Gasteiger partial charge in [-0.2, -0.15) is 0 Å². The average Bonchev–Trinajstić information content (AvgIpc) is 2.41. The second-order valence-corrected chi connectivity index (χ2v) is 5.98. The van der Waals surface area contributed by atoms with Crippen LogP contribution in [0.2, 0.25) is 0 Å². The van der Waals surface area contributed by atoms with E-state index in [1.54, 1.807) is 18.2 Å². The summed E-state index contributed by atoms with van der Waals surface area (Å²) in [6.45, 7) is 0. The Morgan fingerprint density at radius 1 is 1.28 bits per heavy atom. The Bertz CT molecular complexity index is 454. The Hall–Kier alpha value is -1.40. The van der Waals surface area contributed by atoms with Gasteiger partial charge in [-0.25, -0.2) is 0 Å². The highest BCUT2D eigenvalue weighted by Gasteiger charge is 2.20. The van der Waals surface area contributed by atoms with Gasteiger partial charge in [0.15, 0.2) is 0 Å². The molecule has 0 unspecified atom stereocenters. The molecule has 1 aliphatic heterocycles. The Morgan fingerprint density at radius 3 is 2.61 bits per heavy atom. The number of hydrogen-bond acceptors (Lipinski definition) is 4. The van der Waals surface area contributed by atoms with Gasteiger partial charge in [0.25, 0.3) is 5.91 Å². The smallest absolute Gasteiger partial charge is 0.253 e. The molecule has 5 nitrogen and oxygen atoms in total. The summed E-state index contributed by atoms with van der Waals surface area (Å²) in [6.07, 6.45) is 1.55. The molecule has 4 N–H and O–H groups in total. The maximum atomic E-state index is 12.1. The van der Waals surface area contributed by atoms with Crippen molar-refractivity contribution in [2.75, 3.05) is 16.9 Å². The van der Waals surface area contributed by atoms with E-state index in [0.29, 0.717) is 22.8 Å². The lowest BCUT2D eigenvalue weighted by atomic mass is 10.1. The second kappa shape index (κ2) is 5.97. The van der Waals surface area contributed by atoms with E-state index in [1.807, 2.05) is 6.07 Å². The Kier molecular flexibility index (Phi) is 4.33. The van der Waals surface area contributed by atoms with Gasteiger partial charge in [-0.1, -0.05) is 12.1 Å². The standard InChI is InChI=1S/C12H17N3O2S/c13-15-11-4-2-1-3-10(11)12(16)14-9-5-7-18(17)8-6-9/h1-4,9,15H,5-8,13H2,(H,14,16). The van der Waals surface area contributed by atoms with Crippen molar-refractivity contribution >= 4 is 22.4 Å². The number of nitrogen functional groups attached to an aromatic ring is 1. The molecule has 1 aromatic rings. The molecule has 1 aromatic carbocycles. The van der Waals surface area contributed by atoms with E-state index >= 15 is 0 Å². The summed E-state index contributed by atoms with van der Waals surface area (Å²) in [5.41, 5.74) is 3.65. The molecule has 0 spiro atoms. The first kappa shape index (κ1) is 13.0. The minimum Gasteiger partial charge on any atom is -0.349 e. The quantitative estimate of drug-likeness (QED) is 0.553. The Morgan fingerprint density at radius 2 is 1.94 bits per heavy atom. The molecule has 0 aromatic heterocycles. The summed E-state index contributed by atoms with van der Waals surface area (Å²) < 4.78 is 11.2. The molecule has 2 rings (SSSR count). The van der Waals surface area contributed by atoms with Crippen molar-refractivity contribution in [1.29, 1.82) is 0 Å². The molecule has 0 radical (unpaired) electrons. The minimum atomic E-state index is -0.710. The van der Waals surface area contributed by atoms with E-state index in [1.165, 1.54) is 0 Å². The largest absolute Gasteiger partial charge is 0.349 e. The number of carbonyl (C=O) groups is 1. The predicted octanol–water partition coefficient (Wildman–Crippen LogP) is 0.613. The van der Waals surface area contributed by atoms with Crippen LogP contribution in [0.15, 0.2) is 24.3 Å². The van der Waals surface area contributed by atoms with E-state index in [0.717, 1.165) is 12.8 Å². The van der Waals surface area contributed by atoms with Gasteiger partial charge >= 0.3 is 0 Å². The number of anilines is 1. The van der Waals surface area contributed by atoms with Crippen molar-refractivity contribution in [3.63, 3.8) is 0 Å². The number of amides is 1. The first-order valence-corrected chi connectivity index (χ1v) is 7.41. The minimum absolute atomic E-state index is 0.112. The van der Waals surface area contributed by atoms with Gasteiger partial charge in [0.05, 0.1) is 11.3 Å². The van der Waals surface area contributed by atoms with Crippen LogP contribution in [-0.2, 0) is 10.8 Å². The highest BCUT2D eigenvalue weighted by atomic mass is 32.2. The average molecular weight is 267 g/mol. The molecule has 0 saturated carbocycles. The molecule has 1 saturated heterocycles. The van der Waals surface area contributed by atoms with E-state index in [-0.39, 0.29) is 11.9 Å². The van der Waals surface area contributed by atoms with Crippen LogP contribution in [0.3, 0.4) is 0 Å². The number of para-hydroxylation sites is 1. The van der Waals surface area contributed by atoms with Crippen molar-refractivity contribution in [2.45, 2.75) is 18.9 Å². The van der Waals surface area contributed by atoms with Crippen LogP contribution in [0.5, 0.6) is 0 Å². The van der Waals surface area contributed by atoms with Gasteiger partial charge in [-0.05, 0) is 25.0 Å². The SMILES string of the molecule is NNc1ccccc1C(=O)NC1CCS(=O)CC1. The molecule has 1 amide bonds. The molecule has 98 valence electrons. The van der Waals surface area contributed by atoms with E-state index < -0.39 is 10.8 Å². The molecule has 0 aliphatic carbocycles. The Labute approximate surface area is 109 Å². The fraction of sp³-hybridized carbons (Fsp3) is 0.417. The van der Waals surface area contributed by atoms with Gasteiger partial charge < -0.3 is 10.7 Å². The number of carbonyl (C=O) groups excluding carboxylic acids is 1. The lowest BCUT2D eigenvalue weighted by Gasteiger charge is -2.23. The lowest BCUT2D eigenvalue weighted by molar-refractivity contribution is 0.0935. The van der Waals surface area contributed by atoms with Crippen molar-refractivity contribution in [3.8, 4) is 0 Å². The predicted molar refractivity (Wildman–Crippen MR) is 72.6 cm³/mol. The highest BCUT2D eigenvalue weighted by molar-refractivity contribution is 7.85. The number of benzene rings is 1. The van der Waals surface area contributed by atoms with Gasteiger partial charge in [0.1, 0.15) is 0 Å². The summed E-state index contributed by atoms with van der Waals surface area (Å²) in [4.78, 5) is 12.1. The van der Waals surface area contributed by atoms with Crippen LogP contribution in [-0.4, -0.2) is 27.7 Å². The first-order chi connectivity index (χ1) is 8.70. The maximum Gasteiger partial charge on any atom is 0.253 e. The van der Waals surface area contributed by atoms with Gasteiger partial charge in [0.2, 0.25) is 0 Å². The maximum absolute atomic E-state index is 12.1. The van der Waals surface area contributed by atoms with Crippen molar-refractivity contribution in [3.05, 3.63) is 29.8 Å². The molecule has 1 fully saturated rings. The normalized spacial score (nSPS) is 23.4. The zero-order valence-electron chi connectivity index (χ0n) is 10.0. The first-order valence-electron chi connectivity index (χ1n) is 5.92. The highest BCUT2D eigenvalue weighted by Crippen LogP contribution is 2.15. The molecule has 1 aliphatic rings. The molecule has 6 heteroatoms. The van der Waals surface area contributed by atoms with Crippen LogP contribution >= 0.6 is 0 Å². The van der Waals surface area contributed by atoms with E-state index in [2.05, 4.69) is 10.7 Å². The van der Waals surface area contributed by atoms with Crippen molar-refractivity contribution in [1.82, 2.24) is 5.32 Å².